The Kier molecular flexibility index (Phi) is 3.93. The first-order chi connectivity index (χ1) is 13.0. The predicted molar refractivity (Wildman–Crippen MR) is 110 cm³/mol. The number of hydrogen-bond acceptors (Lipinski definition) is 3. The van der Waals surface area contributed by atoms with Crippen molar-refractivity contribution < 1.29 is 14.6 Å². The van der Waals surface area contributed by atoms with Gasteiger partial charge < -0.3 is 9.84 Å². The van der Waals surface area contributed by atoms with Crippen LogP contribution in [0, 0.1) is 46.8 Å². The first kappa shape index (κ1) is 19.5. The van der Waals surface area contributed by atoms with Crippen molar-refractivity contribution in [3.63, 3.8) is 0 Å². The van der Waals surface area contributed by atoms with Crippen molar-refractivity contribution in [1.82, 2.24) is 0 Å². The topological polar surface area (TPSA) is 49.8 Å². The van der Waals surface area contributed by atoms with Crippen LogP contribution in [-0.2, 0) is 9.53 Å². The van der Waals surface area contributed by atoms with Gasteiger partial charge in [-0.05, 0) is 86.4 Å². The molecule has 0 aromatic rings. The molecule has 5 rings (SSSR count). The van der Waals surface area contributed by atoms with Crippen molar-refractivity contribution in [2.45, 2.75) is 103 Å². The van der Waals surface area contributed by atoms with Crippen molar-refractivity contribution in [1.29, 1.82) is 0 Å². The first-order valence-corrected chi connectivity index (χ1v) is 11.9. The van der Waals surface area contributed by atoms with Crippen molar-refractivity contribution in [2.24, 2.45) is 46.8 Å². The third-order valence-electron chi connectivity index (χ3n) is 10.7. The smallest absolute Gasteiger partial charge is 0.137 e. The van der Waals surface area contributed by atoms with Crippen molar-refractivity contribution in [2.75, 3.05) is 0 Å². The second-order valence-corrected chi connectivity index (χ2v) is 12.3. The summed E-state index contributed by atoms with van der Waals surface area (Å²) in [5, 5.41) is 12.5. The molecule has 0 unspecified atom stereocenters. The number of fused-ring (bicyclic) bond motifs is 3. The predicted octanol–water partition coefficient (Wildman–Crippen LogP) is 5.00. The number of carbonyl (C=O) groups is 1. The highest BCUT2D eigenvalue weighted by Crippen LogP contribution is 2.74. The summed E-state index contributed by atoms with van der Waals surface area (Å²) in [5.74, 6) is 3.21. The summed E-state index contributed by atoms with van der Waals surface area (Å²) in [7, 11) is 0. The second-order valence-electron chi connectivity index (χ2n) is 12.3. The molecule has 0 aromatic carbocycles. The number of Topliss-reactive ketones (excluding diaryl/α,β-unsaturated/α-hetero) is 1. The van der Waals surface area contributed by atoms with E-state index in [9.17, 15) is 9.90 Å². The van der Waals surface area contributed by atoms with Crippen LogP contribution in [0.5, 0.6) is 0 Å². The Morgan fingerprint density at radius 2 is 1.68 bits per heavy atom. The fraction of sp³-hybridized carbons (Fsp3) is 0.960. The highest BCUT2D eigenvalue weighted by atomic mass is 16.6. The van der Waals surface area contributed by atoms with Crippen LogP contribution in [0.15, 0.2) is 0 Å². The quantitative estimate of drug-likeness (QED) is 0.643. The zero-order valence-corrected chi connectivity index (χ0v) is 18.8. The highest BCUT2D eigenvalue weighted by Gasteiger charge is 2.82. The van der Waals surface area contributed by atoms with E-state index >= 15 is 0 Å². The summed E-state index contributed by atoms with van der Waals surface area (Å²) in [6, 6.07) is 0. The zero-order valence-electron chi connectivity index (χ0n) is 18.8. The maximum Gasteiger partial charge on any atom is 0.137 e. The van der Waals surface area contributed by atoms with Crippen LogP contribution in [0.1, 0.15) is 86.5 Å². The summed E-state index contributed by atoms with van der Waals surface area (Å²) >= 11 is 0. The van der Waals surface area contributed by atoms with Crippen molar-refractivity contribution >= 4 is 5.78 Å². The molecule has 3 nitrogen and oxygen atoms in total. The summed E-state index contributed by atoms with van der Waals surface area (Å²) in [6.07, 6.45) is 7.20. The van der Waals surface area contributed by atoms with Crippen LogP contribution in [0.25, 0.3) is 0 Å². The fourth-order valence-corrected chi connectivity index (χ4v) is 9.08. The van der Waals surface area contributed by atoms with Gasteiger partial charge in [-0.3, -0.25) is 4.79 Å². The van der Waals surface area contributed by atoms with Gasteiger partial charge in [0.2, 0.25) is 0 Å². The molecule has 5 aliphatic rings. The number of hydrogen-bond donors (Lipinski definition) is 1. The number of ketones is 1. The van der Waals surface area contributed by atoms with Gasteiger partial charge in [-0.25, -0.2) is 0 Å². The molecule has 1 heterocycles. The van der Waals surface area contributed by atoms with Crippen molar-refractivity contribution in [3.05, 3.63) is 0 Å². The molecule has 4 saturated carbocycles. The fourth-order valence-electron chi connectivity index (χ4n) is 9.08. The number of rotatable bonds is 1. The summed E-state index contributed by atoms with van der Waals surface area (Å²) in [4.78, 5) is 13.0. The van der Waals surface area contributed by atoms with Crippen LogP contribution in [0.3, 0.4) is 0 Å². The Hall–Kier alpha value is -0.410. The minimum absolute atomic E-state index is 0.0527. The van der Waals surface area contributed by atoms with E-state index in [4.69, 9.17) is 4.74 Å². The highest BCUT2D eigenvalue weighted by molar-refractivity contribution is 5.85. The van der Waals surface area contributed by atoms with Gasteiger partial charge in [0, 0.05) is 12.3 Å². The molecule has 3 heteroatoms. The molecule has 1 saturated heterocycles. The molecule has 1 spiro atoms. The summed E-state index contributed by atoms with van der Waals surface area (Å²) < 4.78 is 6.70. The Morgan fingerprint density at radius 1 is 1.00 bits per heavy atom. The Labute approximate surface area is 171 Å². The van der Waals surface area contributed by atoms with Crippen LogP contribution in [-0.4, -0.2) is 27.7 Å². The molecule has 0 amide bonds. The van der Waals surface area contributed by atoms with E-state index in [0.717, 1.165) is 19.3 Å². The van der Waals surface area contributed by atoms with Crippen LogP contribution in [0.2, 0.25) is 0 Å². The third kappa shape index (κ3) is 2.11. The number of epoxide rings is 1. The van der Waals surface area contributed by atoms with Gasteiger partial charge in [0.1, 0.15) is 17.0 Å². The minimum atomic E-state index is -0.795. The van der Waals surface area contributed by atoms with Gasteiger partial charge in [0.15, 0.2) is 0 Å². The average Bonchev–Trinajstić information content (AvgIpc) is 2.95. The Bertz CT molecular complexity index is 702. The molecule has 1 aliphatic heterocycles. The normalized spacial score (nSPS) is 60.5. The van der Waals surface area contributed by atoms with Crippen LogP contribution >= 0.6 is 0 Å². The second kappa shape index (κ2) is 5.63. The van der Waals surface area contributed by atoms with E-state index < -0.39 is 11.2 Å². The molecule has 158 valence electrons. The van der Waals surface area contributed by atoms with Gasteiger partial charge in [0.05, 0.1) is 5.60 Å². The maximum atomic E-state index is 13.0. The minimum Gasteiger partial charge on any atom is -0.386 e. The zero-order chi connectivity index (χ0) is 20.3. The lowest BCUT2D eigenvalue weighted by atomic mass is 9.49. The SMILES string of the molecule is CC(C)[C@H]1C(=O)C[C@]2(C)C[C@@H]3[C@@H](C)CC[C@H]4[C@@H](C)CC[C@]45O[C@]5(C)[C@@]3(O)C[C@@H]12. The lowest BCUT2D eigenvalue weighted by Crippen LogP contribution is -2.62. The summed E-state index contributed by atoms with van der Waals surface area (Å²) in [5.41, 5.74) is -1.28. The molecule has 0 radical (unpaired) electrons. The van der Waals surface area contributed by atoms with Crippen molar-refractivity contribution in [3.8, 4) is 0 Å². The third-order valence-corrected chi connectivity index (χ3v) is 10.7. The lowest BCUT2D eigenvalue weighted by Gasteiger charge is -2.56. The van der Waals surface area contributed by atoms with Gasteiger partial charge in [0.25, 0.3) is 0 Å². The molecular formula is C25H40O3. The average molecular weight is 389 g/mol. The van der Waals surface area contributed by atoms with E-state index in [-0.39, 0.29) is 22.9 Å². The maximum absolute atomic E-state index is 13.0. The molecule has 5 fully saturated rings. The number of aliphatic hydroxyl groups is 1. The van der Waals surface area contributed by atoms with Crippen LogP contribution in [0.4, 0.5) is 0 Å². The molecule has 0 bridgehead atoms. The lowest BCUT2D eigenvalue weighted by molar-refractivity contribution is -0.168. The summed E-state index contributed by atoms with van der Waals surface area (Å²) in [6.45, 7) is 13.7. The Balaban J connectivity index is 1.58. The number of ether oxygens (including phenoxy) is 1. The van der Waals surface area contributed by atoms with E-state index in [1.165, 1.54) is 19.3 Å². The van der Waals surface area contributed by atoms with Gasteiger partial charge in [-0.15, -0.1) is 0 Å². The standard InChI is InChI=1S/C25H40O3/c1-14(2)21-19-12-24(27)18(11-22(19,5)13-20(21)26)15(3)7-8-17-16(4)9-10-25(17)23(24,6)28-25/h14-19,21,27H,7-13H2,1-6H3/t15-,16-,17-,18+,19-,21+,22-,23+,24+,25-/m0/s1. The largest absolute Gasteiger partial charge is 0.386 e. The van der Waals surface area contributed by atoms with E-state index in [2.05, 4.69) is 41.5 Å². The molecular weight excluding hydrogens is 348 g/mol. The molecule has 1 N–H and O–H groups in total. The van der Waals surface area contributed by atoms with Gasteiger partial charge in [-0.2, -0.15) is 0 Å². The van der Waals surface area contributed by atoms with Crippen LogP contribution < -0.4 is 0 Å². The van der Waals surface area contributed by atoms with Gasteiger partial charge >= 0.3 is 0 Å². The molecule has 28 heavy (non-hydrogen) atoms. The Morgan fingerprint density at radius 3 is 2.36 bits per heavy atom. The van der Waals surface area contributed by atoms with E-state index in [1.807, 2.05) is 0 Å². The van der Waals surface area contributed by atoms with E-state index in [1.54, 1.807) is 0 Å². The van der Waals surface area contributed by atoms with Gasteiger partial charge in [-0.1, -0.05) is 34.6 Å². The molecule has 0 aromatic heterocycles. The monoisotopic (exact) mass is 388 g/mol. The number of carbonyl (C=O) groups excluding carboxylic acids is 1. The molecule has 10 atom stereocenters. The van der Waals surface area contributed by atoms with E-state index in [0.29, 0.717) is 41.8 Å². The molecule has 4 aliphatic carbocycles. The first-order valence-electron chi connectivity index (χ1n) is 11.9.